The number of nitrogens with one attached hydrogen (secondary N) is 2. The summed E-state index contributed by atoms with van der Waals surface area (Å²) in [6.07, 6.45) is 1.36. The third-order valence-electron chi connectivity index (χ3n) is 6.12. The van der Waals surface area contributed by atoms with E-state index in [9.17, 15) is 19.2 Å². The van der Waals surface area contributed by atoms with Gasteiger partial charge in [-0.15, -0.1) is 0 Å². The van der Waals surface area contributed by atoms with Crippen LogP contribution in [-0.4, -0.2) is 37.0 Å². The van der Waals surface area contributed by atoms with Crippen molar-refractivity contribution in [2.24, 2.45) is 0 Å². The molecule has 3 aromatic rings. The minimum Gasteiger partial charge on any atom is -0.490 e. The van der Waals surface area contributed by atoms with E-state index < -0.39 is 17.8 Å². The number of rotatable bonds is 8. The van der Waals surface area contributed by atoms with Gasteiger partial charge in [-0.3, -0.25) is 19.7 Å². The number of imide groups is 2. The molecule has 0 spiro atoms. The van der Waals surface area contributed by atoms with Crippen LogP contribution in [-0.2, 0) is 14.4 Å². The van der Waals surface area contributed by atoms with E-state index in [-0.39, 0.29) is 23.8 Å². The lowest BCUT2D eigenvalue weighted by molar-refractivity contribution is -0.122. The van der Waals surface area contributed by atoms with Crippen molar-refractivity contribution in [3.05, 3.63) is 87.4 Å². The number of ether oxygens (including phenoxy) is 2. The maximum Gasteiger partial charge on any atom is 0.335 e. The Hall–Kier alpha value is -4.63. The van der Waals surface area contributed by atoms with Crippen molar-refractivity contribution in [2.75, 3.05) is 23.4 Å². The lowest BCUT2D eigenvalue weighted by Gasteiger charge is -2.27. The highest BCUT2D eigenvalue weighted by molar-refractivity contribution is 6.39. The van der Waals surface area contributed by atoms with Gasteiger partial charge < -0.3 is 14.8 Å². The lowest BCUT2D eigenvalue weighted by Crippen LogP contribution is -2.54. The fourth-order valence-corrected chi connectivity index (χ4v) is 4.23. The summed E-state index contributed by atoms with van der Waals surface area (Å²) in [5.74, 6) is -1.33. The second-order valence-corrected chi connectivity index (χ2v) is 9.62. The summed E-state index contributed by atoms with van der Waals surface area (Å²) in [5, 5.41) is 5.38. The molecule has 1 aliphatic heterocycles. The van der Waals surface area contributed by atoms with Crippen LogP contribution in [0.2, 0.25) is 5.02 Å². The van der Waals surface area contributed by atoms with Crippen LogP contribution in [0.3, 0.4) is 0 Å². The lowest BCUT2D eigenvalue weighted by atomic mass is 10.1. The van der Waals surface area contributed by atoms with E-state index >= 15 is 0 Å². The number of benzene rings is 3. The normalized spacial score (nSPS) is 14.3. The zero-order valence-corrected chi connectivity index (χ0v) is 23.2. The summed E-state index contributed by atoms with van der Waals surface area (Å²) in [7, 11) is 0. The SMILES string of the molecule is CCOc1cc(/C=C2\C(=O)NC(=O)N(c3cc(Cl)ccc3C)C2=O)ccc1OCC(=O)Nc1cc(C)ccc1C. The number of carbonyl (C=O) groups is 4. The Morgan fingerprint density at radius 1 is 0.950 bits per heavy atom. The minimum absolute atomic E-state index is 0.247. The molecule has 40 heavy (non-hydrogen) atoms. The van der Waals surface area contributed by atoms with Crippen LogP contribution in [0.15, 0.2) is 60.2 Å². The van der Waals surface area contributed by atoms with Gasteiger partial charge in [0.2, 0.25) is 0 Å². The topological polar surface area (TPSA) is 114 Å². The summed E-state index contributed by atoms with van der Waals surface area (Å²) in [5.41, 5.74) is 3.75. The van der Waals surface area contributed by atoms with Gasteiger partial charge in [-0.05, 0) is 86.4 Å². The smallest absolute Gasteiger partial charge is 0.335 e. The van der Waals surface area contributed by atoms with Crippen molar-refractivity contribution >= 4 is 52.8 Å². The molecular weight excluding hydrogens is 534 g/mol. The van der Waals surface area contributed by atoms with Crippen molar-refractivity contribution < 1.29 is 28.7 Å². The Morgan fingerprint density at radius 3 is 2.45 bits per heavy atom. The summed E-state index contributed by atoms with van der Waals surface area (Å²) >= 11 is 6.08. The van der Waals surface area contributed by atoms with Gasteiger partial charge in [0.1, 0.15) is 5.57 Å². The maximum atomic E-state index is 13.3. The highest BCUT2D eigenvalue weighted by Gasteiger charge is 2.37. The van der Waals surface area contributed by atoms with E-state index in [2.05, 4.69) is 10.6 Å². The molecule has 3 aromatic carbocycles. The van der Waals surface area contributed by atoms with E-state index in [4.69, 9.17) is 21.1 Å². The number of hydrogen-bond acceptors (Lipinski definition) is 6. The molecule has 5 amide bonds. The highest BCUT2D eigenvalue weighted by Crippen LogP contribution is 2.31. The Bertz CT molecular complexity index is 1550. The molecule has 2 N–H and O–H groups in total. The van der Waals surface area contributed by atoms with Gasteiger partial charge in [0, 0.05) is 10.7 Å². The molecule has 1 aliphatic rings. The average Bonchev–Trinajstić information content (AvgIpc) is 2.90. The molecule has 1 fully saturated rings. The third-order valence-corrected chi connectivity index (χ3v) is 6.35. The standard InChI is InChI=1S/C30H28ClN3O6/c1-5-39-26-14-20(9-11-25(26)40-16-27(35)32-23-12-17(2)6-7-18(23)3)13-22-28(36)33-30(38)34(29(22)37)24-15-21(31)10-8-19(24)4/h6-15H,5,16H2,1-4H3,(H,32,35)(H,33,36,38)/b22-13+. The largest absolute Gasteiger partial charge is 0.490 e. The number of carbonyl (C=O) groups excluding carboxylic acids is 4. The first-order valence-electron chi connectivity index (χ1n) is 12.5. The van der Waals surface area contributed by atoms with E-state index in [1.165, 1.54) is 12.1 Å². The van der Waals surface area contributed by atoms with Gasteiger partial charge >= 0.3 is 6.03 Å². The van der Waals surface area contributed by atoms with Crippen molar-refractivity contribution in [1.82, 2.24) is 5.32 Å². The molecule has 0 saturated carbocycles. The average molecular weight is 562 g/mol. The van der Waals surface area contributed by atoms with Crippen LogP contribution in [0.5, 0.6) is 11.5 Å². The highest BCUT2D eigenvalue weighted by atomic mass is 35.5. The molecule has 1 saturated heterocycles. The van der Waals surface area contributed by atoms with E-state index in [1.54, 1.807) is 44.2 Å². The van der Waals surface area contributed by atoms with Gasteiger partial charge in [-0.25, -0.2) is 9.69 Å². The monoisotopic (exact) mass is 561 g/mol. The van der Waals surface area contributed by atoms with Crippen molar-refractivity contribution in [1.29, 1.82) is 0 Å². The van der Waals surface area contributed by atoms with E-state index in [0.717, 1.165) is 16.0 Å². The first-order valence-corrected chi connectivity index (χ1v) is 12.9. The number of aryl methyl sites for hydroxylation is 3. The molecule has 0 aromatic heterocycles. The number of halogens is 1. The number of barbiturate groups is 1. The van der Waals surface area contributed by atoms with Crippen LogP contribution in [0.1, 0.15) is 29.2 Å². The van der Waals surface area contributed by atoms with Gasteiger partial charge in [-0.1, -0.05) is 35.9 Å². The van der Waals surface area contributed by atoms with E-state index in [0.29, 0.717) is 39.9 Å². The zero-order valence-electron chi connectivity index (χ0n) is 22.5. The zero-order chi connectivity index (χ0) is 29.0. The third kappa shape index (κ3) is 6.32. The van der Waals surface area contributed by atoms with Crippen LogP contribution < -0.4 is 25.0 Å². The fraction of sp³-hybridized carbons (Fsp3) is 0.200. The number of nitrogens with zero attached hydrogens (tertiary/aromatic N) is 1. The van der Waals surface area contributed by atoms with Crippen molar-refractivity contribution in [3.8, 4) is 11.5 Å². The van der Waals surface area contributed by atoms with Gasteiger partial charge in [0.05, 0.1) is 12.3 Å². The van der Waals surface area contributed by atoms with Gasteiger partial charge in [0.25, 0.3) is 17.7 Å². The number of amides is 5. The summed E-state index contributed by atoms with van der Waals surface area (Å²) in [6, 6.07) is 14.5. The Kier molecular flexibility index (Phi) is 8.55. The fourth-order valence-electron chi connectivity index (χ4n) is 4.07. The summed E-state index contributed by atoms with van der Waals surface area (Å²) in [6.45, 7) is 7.40. The summed E-state index contributed by atoms with van der Waals surface area (Å²) in [4.78, 5) is 51.9. The van der Waals surface area contributed by atoms with E-state index in [1.807, 2.05) is 32.0 Å². The first-order chi connectivity index (χ1) is 19.1. The molecule has 0 unspecified atom stereocenters. The molecule has 206 valence electrons. The second-order valence-electron chi connectivity index (χ2n) is 9.18. The second kappa shape index (κ2) is 12.0. The Balaban J connectivity index is 1.56. The number of hydrogen-bond donors (Lipinski definition) is 2. The molecule has 10 heteroatoms. The molecular formula is C30H28ClN3O6. The molecule has 4 rings (SSSR count). The number of anilines is 2. The predicted molar refractivity (Wildman–Crippen MR) is 153 cm³/mol. The first kappa shape index (κ1) is 28.4. The van der Waals surface area contributed by atoms with Gasteiger partial charge in [-0.2, -0.15) is 0 Å². The van der Waals surface area contributed by atoms with Crippen LogP contribution in [0, 0.1) is 20.8 Å². The molecule has 0 atom stereocenters. The van der Waals surface area contributed by atoms with Crippen LogP contribution in [0.4, 0.5) is 16.2 Å². The molecule has 1 heterocycles. The van der Waals surface area contributed by atoms with Crippen LogP contribution >= 0.6 is 11.6 Å². The molecule has 0 aliphatic carbocycles. The maximum absolute atomic E-state index is 13.3. The predicted octanol–water partition coefficient (Wildman–Crippen LogP) is 5.35. The van der Waals surface area contributed by atoms with Crippen LogP contribution in [0.25, 0.3) is 6.08 Å². The molecule has 0 radical (unpaired) electrons. The number of urea groups is 1. The Morgan fingerprint density at radius 2 is 1.70 bits per heavy atom. The molecule has 0 bridgehead atoms. The summed E-state index contributed by atoms with van der Waals surface area (Å²) < 4.78 is 11.4. The van der Waals surface area contributed by atoms with Crippen molar-refractivity contribution in [3.63, 3.8) is 0 Å². The Labute approximate surface area is 236 Å². The minimum atomic E-state index is -0.865. The van der Waals surface area contributed by atoms with Crippen molar-refractivity contribution in [2.45, 2.75) is 27.7 Å². The molecule has 9 nitrogen and oxygen atoms in total. The quantitative estimate of drug-likeness (QED) is 0.283. The van der Waals surface area contributed by atoms with Gasteiger partial charge in [0.15, 0.2) is 18.1 Å².